The number of unbranched alkanes of at least 4 members (excludes halogenated alkanes) is 1. The molecule has 0 radical (unpaired) electrons. The third-order valence-corrected chi connectivity index (χ3v) is 15.0. The Bertz CT molecular complexity index is 2290. The molecule has 5 N–H and O–H groups in total. The number of aliphatic hydroxyl groups excluding tert-OH is 1. The standard InChI is InChI=1S/C53H63N3O6/c1-3-33(27-34-11-5-4-6-12-34)29-45-53-23-21-40(41-19-20-42-44(61-51(59)48(42)49(41)53)16-10-13-35-22-25-56-46(30-35)54-2)47(50(53)52(60)62-45)43-31-38(58)17-18-39(43)37-15-9-14-36(28-37)32-55-24-7-8-26-57/h4-6,9,11-12,14-18,28-29,31,33,35,40-41,46,49,54-58H,3,7-8,10,13,19-27,30,32H2,1-2H3. The molecule has 0 aromatic heterocycles. The Hall–Kier alpha value is -4.80. The maximum absolute atomic E-state index is 14.9. The predicted octanol–water partition coefficient (Wildman–Crippen LogP) is 8.88. The van der Waals surface area contributed by atoms with E-state index in [0.29, 0.717) is 36.4 Å². The molecule has 9 heteroatoms. The van der Waals surface area contributed by atoms with Crippen LogP contribution in [-0.2, 0) is 32.0 Å². The van der Waals surface area contributed by atoms with Crippen LogP contribution in [-0.4, -0.2) is 55.1 Å². The van der Waals surface area contributed by atoms with E-state index in [1.807, 2.05) is 25.2 Å². The molecule has 7 unspecified atom stereocenters. The van der Waals surface area contributed by atoms with Crippen LogP contribution in [0.5, 0.6) is 5.75 Å². The first-order valence-electron chi connectivity index (χ1n) is 23.4. The minimum atomic E-state index is -0.842. The monoisotopic (exact) mass is 837 g/mol. The lowest BCUT2D eigenvalue weighted by molar-refractivity contribution is -0.135. The highest BCUT2D eigenvalue weighted by molar-refractivity contribution is 6.07. The normalized spacial score (nSPS) is 28.3. The van der Waals surface area contributed by atoms with Gasteiger partial charge in [0.05, 0.1) is 17.2 Å². The van der Waals surface area contributed by atoms with E-state index in [9.17, 15) is 19.8 Å². The highest BCUT2D eigenvalue weighted by Gasteiger charge is 2.68. The summed E-state index contributed by atoms with van der Waals surface area (Å²) in [7, 11) is 2.01. The zero-order valence-electron chi connectivity index (χ0n) is 36.4. The Balaban J connectivity index is 1.14. The SMILES string of the molecule is CCC(C=C1OC(=O)C2=C(c3cc(O)ccc3-c3cccc(CNCCCCO)c3)C3CCC12C1C2=C(CCC31)C(=CCCC1CCNC(NC)C1)OC2=O)Cc1ccccc1. The number of phenols is 1. The van der Waals surface area contributed by atoms with Crippen LogP contribution in [0.15, 0.2) is 113 Å². The lowest BCUT2D eigenvalue weighted by Crippen LogP contribution is -2.52. The predicted molar refractivity (Wildman–Crippen MR) is 242 cm³/mol. The average molecular weight is 838 g/mol. The van der Waals surface area contributed by atoms with Crippen LogP contribution in [0.1, 0.15) is 94.2 Å². The zero-order valence-corrected chi connectivity index (χ0v) is 36.4. The van der Waals surface area contributed by atoms with Crippen LogP contribution in [0.25, 0.3) is 16.7 Å². The summed E-state index contributed by atoms with van der Waals surface area (Å²) in [6.07, 6.45) is 15.4. The number of cyclic esters (lactones) is 2. The lowest BCUT2D eigenvalue weighted by atomic mass is 9.44. The van der Waals surface area contributed by atoms with Gasteiger partial charge in [-0.3, -0.25) is 0 Å². The van der Waals surface area contributed by atoms with Gasteiger partial charge in [0.25, 0.3) is 0 Å². The molecule has 3 aliphatic heterocycles. The smallest absolute Gasteiger partial charge is 0.340 e. The number of aliphatic hydroxyl groups is 1. The number of fused-ring (bicyclic) bond motifs is 1. The van der Waals surface area contributed by atoms with E-state index >= 15 is 0 Å². The highest BCUT2D eigenvalue weighted by atomic mass is 16.5. The van der Waals surface area contributed by atoms with Crippen LogP contribution < -0.4 is 16.0 Å². The van der Waals surface area contributed by atoms with Crippen LogP contribution in [0.4, 0.5) is 0 Å². The molecule has 3 fully saturated rings. The van der Waals surface area contributed by atoms with Gasteiger partial charge in [-0.05, 0) is 185 Å². The Morgan fingerprint density at radius 2 is 1.79 bits per heavy atom. The lowest BCUT2D eigenvalue weighted by Gasteiger charge is -2.56. The van der Waals surface area contributed by atoms with Crippen LogP contribution in [0.3, 0.4) is 0 Å². The summed E-state index contributed by atoms with van der Waals surface area (Å²) in [4.78, 5) is 29.3. The molecule has 62 heavy (non-hydrogen) atoms. The number of rotatable bonds is 16. The van der Waals surface area contributed by atoms with Gasteiger partial charge < -0.3 is 35.6 Å². The van der Waals surface area contributed by atoms with Gasteiger partial charge in [0.2, 0.25) is 0 Å². The summed E-state index contributed by atoms with van der Waals surface area (Å²) in [6.45, 7) is 4.89. The fourth-order valence-corrected chi connectivity index (χ4v) is 12.0. The van der Waals surface area contributed by atoms with Gasteiger partial charge in [0.15, 0.2) is 0 Å². The van der Waals surface area contributed by atoms with Gasteiger partial charge >= 0.3 is 11.9 Å². The molecule has 1 spiro atoms. The quantitative estimate of drug-likeness (QED) is 0.0710. The van der Waals surface area contributed by atoms with E-state index in [2.05, 4.69) is 83.6 Å². The molecule has 0 amide bonds. The van der Waals surface area contributed by atoms with E-state index in [4.69, 9.17) is 9.47 Å². The minimum Gasteiger partial charge on any atom is -0.508 e. The minimum absolute atomic E-state index is 0.0121. The maximum Gasteiger partial charge on any atom is 0.340 e. The number of aromatic hydroxyl groups is 1. The Kier molecular flexibility index (Phi) is 12.7. The van der Waals surface area contributed by atoms with Crippen molar-refractivity contribution in [2.75, 3.05) is 26.7 Å². The van der Waals surface area contributed by atoms with Gasteiger partial charge in [-0.2, -0.15) is 0 Å². The van der Waals surface area contributed by atoms with Gasteiger partial charge in [0, 0.05) is 30.2 Å². The van der Waals surface area contributed by atoms with Gasteiger partial charge in [0.1, 0.15) is 17.3 Å². The molecular formula is C53H63N3O6. The molecule has 7 atom stereocenters. The molecule has 3 heterocycles. The largest absolute Gasteiger partial charge is 0.508 e. The summed E-state index contributed by atoms with van der Waals surface area (Å²) >= 11 is 0. The molecular weight excluding hydrogens is 775 g/mol. The second-order valence-electron chi connectivity index (χ2n) is 18.5. The number of hydrogen-bond acceptors (Lipinski definition) is 9. The van der Waals surface area contributed by atoms with Crippen LogP contribution in [0.2, 0.25) is 0 Å². The van der Waals surface area contributed by atoms with E-state index in [1.165, 1.54) is 5.56 Å². The summed E-state index contributed by atoms with van der Waals surface area (Å²) < 4.78 is 12.9. The maximum atomic E-state index is 14.9. The van der Waals surface area contributed by atoms with Crippen LogP contribution >= 0.6 is 0 Å². The van der Waals surface area contributed by atoms with E-state index in [-0.39, 0.29) is 48.0 Å². The van der Waals surface area contributed by atoms with E-state index in [0.717, 1.165) is 128 Å². The Morgan fingerprint density at radius 3 is 2.61 bits per heavy atom. The van der Waals surface area contributed by atoms with Crippen molar-refractivity contribution in [1.29, 1.82) is 0 Å². The third-order valence-electron chi connectivity index (χ3n) is 15.0. The van der Waals surface area contributed by atoms with Crippen molar-refractivity contribution in [2.45, 2.75) is 96.7 Å². The summed E-state index contributed by atoms with van der Waals surface area (Å²) in [5.74, 6) is 1.48. The number of nitrogens with one attached hydrogen (secondary N) is 3. The van der Waals surface area contributed by atoms with Crippen molar-refractivity contribution in [3.8, 4) is 16.9 Å². The second kappa shape index (κ2) is 18.5. The number of carbonyl (C=O) groups is 2. The van der Waals surface area contributed by atoms with Crippen molar-refractivity contribution in [1.82, 2.24) is 16.0 Å². The van der Waals surface area contributed by atoms with Gasteiger partial charge in [-0.15, -0.1) is 0 Å². The molecule has 3 aromatic carbocycles. The van der Waals surface area contributed by atoms with Crippen molar-refractivity contribution in [3.05, 3.63) is 130 Å². The number of phenolic OH excluding ortho intramolecular Hbond substituents is 1. The third kappa shape index (κ3) is 8.02. The number of esters is 2. The first-order chi connectivity index (χ1) is 30.3. The number of ether oxygens (including phenoxy) is 2. The highest BCUT2D eigenvalue weighted by Crippen LogP contribution is 2.72. The fourth-order valence-electron chi connectivity index (χ4n) is 12.0. The summed E-state index contributed by atoms with van der Waals surface area (Å²) in [6, 6.07) is 24.5. The second-order valence-corrected chi connectivity index (χ2v) is 18.5. The van der Waals surface area contributed by atoms with Gasteiger partial charge in [-0.25, -0.2) is 9.59 Å². The summed E-state index contributed by atoms with van der Waals surface area (Å²) in [5.41, 5.74) is 7.76. The number of allylic oxidation sites excluding steroid dienone is 5. The Labute approximate surface area is 366 Å². The molecule has 9 nitrogen and oxygen atoms in total. The first kappa shape index (κ1) is 42.5. The molecule has 4 aliphatic carbocycles. The molecule has 326 valence electrons. The number of piperidine rings is 1. The van der Waals surface area contributed by atoms with E-state index in [1.54, 1.807) is 6.07 Å². The zero-order chi connectivity index (χ0) is 42.8. The molecule has 2 bridgehead atoms. The van der Waals surface area contributed by atoms with Crippen molar-refractivity contribution in [2.24, 2.45) is 35.0 Å². The number of benzene rings is 3. The van der Waals surface area contributed by atoms with Crippen LogP contribution in [0, 0.1) is 35.0 Å². The molecule has 7 aliphatic rings. The first-order valence-corrected chi connectivity index (χ1v) is 23.4. The summed E-state index contributed by atoms with van der Waals surface area (Å²) in [5, 5.41) is 30.9. The van der Waals surface area contributed by atoms with Gasteiger partial charge in [-0.1, -0.05) is 61.5 Å². The number of hydrogen-bond donors (Lipinski definition) is 5. The molecule has 3 aromatic rings. The molecule has 1 saturated carbocycles. The van der Waals surface area contributed by atoms with Crippen molar-refractivity contribution >= 4 is 17.5 Å². The van der Waals surface area contributed by atoms with Crippen molar-refractivity contribution in [3.63, 3.8) is 0 Å². The fraction of sp³-hybridized carbons (Fsp3) is 0.472. The topological polar surface area (TPSA) is 129 Å². The van der Waals surface area contributed by atoms with E-state index < -0.39 is 5.41 Å². The van der Waals surface area contributed by atoms with Crippen molar-refractivity contribution < 1.29 is 29.3 Å². The average Bonchev–Trinajstić information content (AvgIpc) is 3.78. The number of carbonyl (C=O) groups excluding carboxylic acids is 2. The molecule has 2 saturated heterocycles. The Morgan fingerprint density at radius 1 is 0.935 bits per heavy atom. The molecule has 10 rings (SSSR count).